The second kappa shape index (κ2) is 12.7. The lowest BCUT2D eigenvalue weighted by Crippen LogP contribution is -2.32. The first-order valence-corrected chi connectivity index (χ1v) is 13.2. The number of aromatic nitrogens is 1. The summed E-state index contributed by atoms with van der Waals surface area (Å²) in [4.78, 5) is 42.0. The number of carbonyl (C=O) groups is 3. The third-order valence-electron chi connectivity index (χ3n) is 6.09. The summed E-state index contributed by atoms with van der Waals surface area (Å²) >= 11 is 0. The molecule has 0 atom stereocenters. The monoisotopic (exact) mass is 546 g/mol. The number of nitrogens with zero attached hydrogens (tertiary/aromatic N) is 1. The molecule has 5 N–H and O–H groups in total. The van der Waals surface area contributed by atoms with Crippen LogP contribution in [0.3, 0.4) is 0 Å². The van der Waals surface area contributed by atoms with Gasteiger partial charge in [-0.3, -0.25) is 9.78 Å². The zero-order chi connectivity index (χ0) is 29.6. The van der Waals surface area contributed by atoms with Crippen molar-refractivity contribution in [2.75, 3.05) is 5.32 Å². The molecule has 0 spiro atoms. The third kappa shape index (κ3) is 7.89. The van der Waals surface area contributed by atoms with Gasteiger partial charge in [-0.05, 0) is 75.4 Å². The molecular formula is C31H38N4O5. The number of amides is 2. The summed E-state index contributed by atoms with van der Waals surface area (Å²) in [6.45, 7) is 11.9. The quantitative estimate of drug-likeness (QED) is 0.270. The van der Waals surface area contributed by atoms with Gasteiger partial charge < -0.3 is 26.2 Å². The van der Waals surface area contributed by atoms with Crippen LogP contribution < -0.4 is 16.4 Å². The molecule has 1 heterocycles. The molecule has 0 bridgehead atoms. The normalized spacial score (nSPS) is 11.3. The molecule has 0 aliphatic heterocycles. The fourth-order valence-electron chi connectivity index (χ4n) is 4.25. The van der Waals surface area contributed by atoms with E-state index in [1.807, 2.05) is 31.2 Å². The molecule has 9 heteroatoms. The molecule has 9 nitrogen and oxygen atoms in total. The Kier molecular flexibility index (Phi) is 9.65. The molecule has 0 saturated carbocycles. The summed E-state index contributed by atoms with van der Waals surface area (Å²) in [5.74, 6) is -1.20. The van der Waals surface area contributed by atoms with Crippen molar-refractivity contribution >= 4 is 23.7 Å². The van der Waals surface area contributed by atoms with Crippen molar-refractivity contribution in [2.24, 2.45) is 11.7 Å². The third-order valence-corrected chi connectivity index (χ3v) is 6.09. The van der Waals surface area contributed by atoms with Gasteiger partial charge in [-0.2, -0.15) is 0 Å². The van der Waals surface area contributed by atoms with Crippen LogP contribution in [-0.2, 0) is 24.2 Å². The molecule has 40 heavy (non-hydrogen) atoms. The Hall–Kier alpha value is -4.24. The fourth-order valence-corrected chi connectivity index (χ4v) is 4.25. The second-order valence-electron chi connectivity index (χ2n) is 11.1. The van der Waals surface area contributed by atoms with Gasteiger partial charge in [0, 0.05) is 35.5 Å². The molecule has 3 aromatic rings. The SMILES string of the molecule is Cc1nc(CC(C)C)c(CNC(=O)OC(C)(C)C)c(-c2ccc(CN)cc2)c1NC(=O)c1ccc(C(=O)O)cc1. The van der Waals surface area contributed by atoms with Gasteiger partial charge in [0.1, 0.15) is 5.60 Å². The summed E-state index contributed by atoms with van der Waals surface area (Å²) in [5, 5.41) is 15.1. The van der Waals surface area contributed by atoms with E-state index < -0.39 is 23.6 Å². The van der Waals surface area contributed by atoms with Crippen LogP contribution in [0.2, 0.25) is 0 Å². The van der Waals surface area contributed by atoms with E-state index >= 15 is 0 Å². The van der Waals surface area contributed by atoms with E-state index in [0.717, 1.165) is 27.9 Å². The first-order valence-electron chi connectivity index (χ1n) is 13.2. The molecular weight excluding hydrogens is 508 g/mol. The standard InChI is InChI=1S/C31H38N4O5/c1-18(2)15-25-24(17-33-30(39)40-31(4,5)6)26(21-9-7-20(16-32)8-10-21)27(19(3)34-25)35-28(36)22-11-13-23(14-12-22)29(37)38/h7-14,18H,15-17,32H2,1-6H3,(H,33,39)(H,35,36)(H,37,38). The second-order valence-corrected chi connectivity index (χ2v) is 11.1. The molecule has 0 fully saturated rings. The minimum absolute atomic E-state index is 0.0867. The molecule has 2 amide bonds. The van der Waals surface area contributed by atoms with Crippen molar-refractivity contribution in [3.63, 3.8) is 0 Å². The Bertz CT molecular complexity index is 1370. The highest BCUT2D eigenvalue weighted by Gasteiger charge is 2.24. The number of aryl methyl sites for hydroxylation is 1. The number of aromatic carboxylic acids is 1. The Labute approximate surface area is 235 Å². The van der Waals surface area contributed by atoms with E-state index in [4.69, 9.17) is 15.5 Å². The number of rotatable bonds is 9. The van der Waals surface area contributed by atoms with Gasteiger partial charge in [0.05, 0.1) is 16.9 Å². The number of nitrogens with two attached hydrogens (primary N) is 1. The molecule has 0 radical (unpaired) electrons. The van der Waals surface area contributed by atoms with Gasteiger partial charge in [0.15, 0.2) is 0 Å². The summed E-state index contributed by atoms with van der Waals surface area (Å²) < 4.78 is 5.46. The van der Waals surface area contributed by atoms with Crippen molar-refractivity contribution in [3.05, 3.63) is 82.2 Å². The first kappa shape index (κ1) is 30.3. The maximum atomic E-state index is 13.3. The van der Waals surface area contributed by atoms with Gasteiger partial charge in [0.25, 0.3) is 5.91 Å². The fraction of sp³-hybridized carbons (Fsp3) is 0.355. The number of carboxylic acids is 1. The Balaban J connectivity index is 2.15. The average Bonchev–Trinajstić information content (AvgIpc) is 2.88. The molecule has 0 unspecified atom stereocenters. The van der Waals surface area contributed by atoms with Crippen LogP contribution in [-0.4, -0.2) is 33.7 Å². The van der Waals surface area contributed by atoms with Gasteiger partial charge in [-0.25, -0.2) is 9.59 Å². The largest absolute Gasteiger partial charge is 0.478 e. The predicted molar refractivity (Wildman–Crippen MR) is 155 cm³/mol. The van der Waals surface area contributed by atoms with Gasteiger partial charge in [-0.1, -0.05) is 38.1 Å². The van der Waals surface area contributed by atoms with Crippen LogP contribution in [0.4, 0.5) is 10.5 Å². The number of nitrogens with one attached hydrogen (secondary N) is 2. The number of ether oxygens (including phenoxy) is 1. The van der Waals surface area contributed by atoms with Gasteiger partial charge in [0.2, 0.25) is 0 Å². The van der Waals surface area contributed by atoms with E-state index in [2.05, 4.69) is 24.5 Å². The van der Waals surface area contributed by atoms with Crippen molar-refractivity contribution in [3.8, 4) is 11.1 Å². The van der Waals surface area contributed by atoms with E-state index in [0.29, 0.717) is 29.9 Å². The minimum atomic E-state index is -1.07. The number of hydrogen-bond donors (Lipinski definition) is 4. The highest BCUT2D eigenvalue weighted by atomic mass is 16.6. The molecule has 212 valence electrons. The first-order chi connectivity index (χ1) is 18.8. The Morgan fingerprint density at radius 3 is 2.12 bits per heavy atom. The van der Waals surface area contributed by atoms with E-state index in [1.54, 1.807) is 20.8 Å². The molecule has 0 aliphatic rings. The number of anilines is 1. The minimum Gasteiger partial charge on any atom is -0.478 e. The lowest BCUT2D eigenvalue weighted by atomic mass is 9.92. The molecule has 3 rings (SSSR count). The van der Waals surface area contributed by atoms with Crippen molar-refractivity contribution in [2.45, 2.75) is 66.7 Å². The smallest absolute Gasteiger partial charge is 0.407 e. The number of hydrogen-bond acceptors (Lipinski definition) is 6. The van der Waals surface area contributed by atoms with Crippen LogP contribution in [0.25, 0.3) is 11.1 Å². The number of carboxylic acid groups (broad SMARTS) is 1. The Morgan fingerprint density at radius 1 is 1.00 bits per heavy atom. The van der Waals surface area contributed by atoms with Crippen LogP contribution in [0.1, 0.15) is 77.8 Å². The lowest BCUT2D eigenvalue weighted by molar-refractivity contribution is 0.0522. The van der Waals surface area contributed by atoms with Crippen LogP contribution in [0, 0.1) is 12.8 Å². The number of alkyl carbamates (subject to hydrolysis) is 1. The van der Waals surface area contributed by atoms with Gasteiger partial charge in [-0.15, -0.1) is 0 Å². The van der Waals surface area contributed by atoms with Crippen molar-refractivity contribution in [1.29, 1.82) is 0 Å². The van der Waals surface area contributed by atoms with Crippen molar-refractivity contribution in [1.82, 2.24) is 10.3 Å². The summed E-state index contributed by atoms with van der Waals surface area (Å²) in [6, 6.07) is 13.4. The number of carbonyl (C=O) groups excluding carboxylic acids is 2. The van der Waals surface area contributed by atoms with Crippen LogP contribution in [0.15, 0.2) is 48.5 Å². The predicted octanol–water partition coefficient (Wildman–Crippen LogP) is 5.69. The number of pyridine rings is 1. The highest BCUT2D eigenvalue weighted by molar-refractivity contribution is 6.07. The zero-order valence-corrected chi connectivity index (χ0v) is 23.9. The maximum absolute atomic E-state index is 13.3. The highest BCUT2D eigenvalue weighted by Crippen LogP contribution is 2.37. The van der Waals surface area contributed by atoms with E-state index in [9.17, 15) is 19.5 Å². The average molecular weight is 547 g/mol. The van der Waals surface area contributed by atoms with E-state index in [-0.39, 0.29) is 18.0 Å². The zero-order valence-electron chi connectivity index (χ0n) is 23.9. The molecule has 2 aromatic carbocycles. The van der Waals surface area contributed by atoms with Gasteiger partial charge >= 0.3 is 12.1 Å². The summed E-state index contributed by atoms with van der Waals surface area (Å²) in [6.07, 6.45) is 0.0994. The maximum Gasteiger partial charge on any atom is 0.407 e. The lowest BCUT2D eigenvalue weighted by Gasteiger charge is -2.24. The Morgan fingerprint density at radius 2 is 1.60 bits per heavy atom. The van der Waals surface area contributed by atoms with E-state index in [1.165, 1.54) is 24.3 Å². The summed E-state index contributed by atoms with van der Waals surface area (Å²) in [5.41, 5.74) is 10.8. The number of benzene rings is 2. The summed E-state index contributed by atoms with van der Waals surface area (Å²) in [7, 11) is 0. The molecule has 0 aliphatic carbocycles. The molecule has 1 aromatic heterocycles. The molecule has 0 saturated heterocycles. The van der Waals surface area contributed by atoms with Crippen molar-refractivity contribution < 1.29 is 24.2 Å². The topological polar surface area (TPSA) is 144 Å². The van der Waals surface area contributed by atoms with Crippen LogP contribution >= 0.6 is 0 Å². The van der Waals surface area contributed by atoms with Crippen LogP contribution in [0.5, 0.6) is 0 Å².